The molecule has 1 fully saturated rings. The molecule has 1 amide bonds. The van der Waals surface area contributed by atoms with Gasteiger partial charge in [0.25, 0.3) is 0 Å². The normalized spacial score (nSPS) is 17.9. The number of rotatable bonds is 8. The first-order valence-corrected chi connectivity index (χ1v) is 12.0. The number of ether oxygens (including phenoxy) is 1. The third-order valence-electron chi connectivity index (χ3n) is 5.77. The van der Waals surface area contributed by atoms with Crippen molar-refractivity contribution in [2.45, 2.75) is 33.3 Å². The van der Waals surface area contributed by atoms with Gasteiger partial charge in [0.05, 0.1) is 11.4 Å². The van der Waals surface area contributed by atoms with Crippen molar-refractivity contribution in [2.24, 2.45) is 0 Å². The number of hydrogen-bond acceptors (Lipinski definition) is 5. The molecule has 1 aromatic rings. The number of halogens is 2. The van der Waals surface area contributed by atoms with Gasteiger partial charge in [0, 0.05) is 39.3 Å². The van der Waals surface area contributed by atoms with E-state index < -0.39 is 16.6 Å². The van der Waals surface area contributed by atoms with Crippen molar-refractivity contribution < 1.29 is 26.7 Å². The van der Waals surface area contributed by atoms with Gasteiger partial charge in [0.15, 0.2) is 0 Å². The van der Waals surface area contributed by atoms with Crippen molar-refractivity contribution in [2.75, 3.05) is 45.8 Å². The summed E-state index contributed by atoms with van der Waals surface area (Å²) >= 11 is 0. The number of likely N-dealkylation sites (N-methyl/N-ethyl adjacent to an activating group) is 1. The molecular formula is C21H29F2N3O4S. The minimum Gasteiger partial charge on any atom is -0.435 e. The van der Waals surface area contributed by atoms with Crippen LogP contribution < -0.4 is 4.74 Å². The molecule has 3 rings (SSSR count). The molecule has 0 N–H and O–H groups in total. The molecule has 1 aliphatic carbocycles. The van der Waals surface area contributed by atoms with E-state index in [1.807, 2.05) is 18.7 Å². The summed E-state index contributed by atoms with van der Waals surface area (Å²) in [5.41, 5.74) is 1.49. The molecule has 0 bridgehead atoms. The predicted molar refractivity (Wildman–Crippen MR) is 114 cm³/mol. The maximum absolute atomic E-state index is 13.1. The highest BCUT2D eigenvalue weighted by Crippen LogP contribution is 2.31. The van der Waals surface area contributed by atoms with Crippen LogP contribution in [-0.4, -0.2) is 80.9 Å². The third-order valence-corrected chi connectivity index (χ3v) is 7.80. The van der Waals surface area contributed by atoms with Gasteiger partial charge in [-0.05, 0) is 56.0 Å². The van der Waals surface area contributed by atoms with Crippen molar-refractivity contribution in [1.82, 2.24) is 14.1 Å². The van der Waals surface area contributed by atoms with Crippen LogP contribution in [0.2, 0.25) is 0 Å². The van der Waals surface area contributed by atoms with Gasteiger partial charge in [-0.15, -0.1) is 0 Å². The Kier molecular flexibility index (Phi) is 7.66. The average molecular weight is 458 g/mol. The zero-order chi connectivity index (χ0) is 22.6. The van der Waals surface area contributed by atoms with Gasteiger partial charge in [0.1, 0.15) is 5.75 Å². The van der Waals surface area contributed by atoms with Crippen LogP contribution in [0.15, 0.2) is 23.1 Å². The molecule has 0 saturated carbocycles. The zero-order valence-electron chi connectivity index (χ0n) is 17.9. The van der Waals surface area contributed by atoms with Crippen LogP contribution in [-0.2, 0) is 21.2 Å². The number of aryl methyl sites for hydroxylation is 1. The minimum atomic E-state index is -3.61. The van der Waals surface area contributed by atoms with Crippen molar-refractivity contribution >= 4 is 22.0 Å². The summed E-state index contributed by atoms with van der Waals surface area (Å²) in [6.45, 7) is 4.28. The SMILES string of the molecule is CCN(CC)C(=O)CN1CCN(S(=O)(=O)C2=Cc3ccc(OC(F)F)cc3CC2)CC1. The van der Waals surface area contributed by atoms with Crippen LogP contribution in [0.5, 0.6) is 5.75 Å². The van der Waals surface area contributed by atoms with E-state index in [0.717, 1.165) is 5.56 Å². The van der Waals surface area contributed by atoms with E-state index in [4.69, 9.17) is 0 Å². The third kappa shape index (κ3) is 5.61. The van der Waals surface area contributed by atoms with Crippen molar-refractivity contribution in [3.05, 3.63) is 34.2 Å². The Bertz CT molecular complexity index is 925. The average Bonchev–Trinajstić information content (AvgIpc) is 2.74. The second kappa shape index (κ2) is 10.1. The summed E-state index contributed by atoms with van der Waals surface area (Å²) < 4.78 is 57.0. The molecule has 10 heteroatoms. The van der Waals surface area contributed by atoms with Gasteiger partial charge in [0.2, 0.25) is 15.9 Å². The van der Waals surface area contributed by atoms with Crippen molar-refractivity contribution in [3.8, 4) is 5.75 Å². The molecule has 0 radical (unpaired) electrons. The van der Waals surface area contributed by atoms with Gasteiger partial charge < -0.3 is 9.64 Å². The van der Waals surface area contributed by atoms with E-state index in [2.05, 4.69) is 4.74 Å². The molecule has 0 spiro atoms. The summed E-state index contributed by atoms with van der Waals surface area (Å²) in [5.74, 6) is 0.131. The number of hydrogen-bond donors (Lipinski definition) is 0. The van der Waals surface area contributed by atoms with Gasteiger partial charge in [-0.3, -0.25) is 9.69 Å². The number of alkyl halides is 2. The summed E-state index contributed by atoms with van der Waals surface area (Å²) in [6.07, 6.45) is 2.38. The smallest absolute Gasteiger partial charge is 0.387 e. The highest BCUT2D eigenvalue weighted by Gasteiger charge is 2.32. The Morgan fingerprint density at radius 2 is 1.81 bits per heavy atom. The van der Waals surface area contributed by atoms with E-state index in [9.17, 15) is 22.0 Å². The van der Waals surface area contributed by atoms with Crippen LogP contribution in [0.25, 0.3) is 6.08 Å². The number of amides is 1. The van der Waals surface area contributed by atoms with Crippen LogP contribution in [0.1, 0.15) is 31.4 Å². The summed E-state index contributed by atoms with van der Waals surface area (Å²) in [4.78, 5) is 16.4. The Labute approximate surface area is 182 Å². The molecule has 2 aliphatic rings. The predicted octanol–water partition coefficient (Wildman–Crippen LogP) is 2.39. The number of carbonyl (C=O) groups is 1. The first-order chi connectivity index (χ1) is 14.7. The van der Waals surface area contributed by atoms with E-state index in [1.165, 1.54) is 16.4 Å². The summed E-state index contributed by atoms with van der Waals surface area (Å²) in [5, 5.41) is 0. The number of allylic oxidation sites excluding steroid dienone is 1. The number of sulfonamides is 1. The van der Waals surface area contributed by atoms with Crippen LogP contribution in [0, 0.1) is 0 Å². The first kappa shape index (κ1) is 23.6. The Balaban J connectivity index is 1.64. The minimum absolute atomic E-state index is 0.0584. The molecule has 1 aromatic carbocycles. The van der Waals surface area contributed by atoms with Gasteiger partial charge in [-0.1, -0.05) is 6.07 Å². The van der Waals surface area contributed by atoms with Gasteiger partial charge >= 0.3 is 6.61 Å². The van der Waals surface area contributed by atoms with E-state index in [0.29, 0.717) is 69.1 Å². The van der Waals surface area contributed by atoms with Crippen LogP contribution in [0.3, 0.4) is 0 Å². The number of benzene rings is 1. The van der Waals surface area contributed by atoms with Crippen molar-refractivity contribution in [1.29, 1.82) is 0 Å². The monoisotopic (exact) mass is 457 g/mol. The zero-order valence-corrected chi connectivity index (χ0v) is 18.7. The second-order valence-corrected chi connectivity index (χ2v) is 9.59. The second-order valence-electron chi connectivity index (χ2n) is 7.60. The lowest BCUT2D eigenvalue weighted by molar-refractivity contribution is -0.132. The number of piperazine rings is 1. The molecule has 31 heavy (non-hydrogen) atoms. The molecule has 0 unspecified atom stereocenters. The summed E-state index contributed by atoms with van der Waals surface area (Å²) in [6, 6.07) is 4.56. The molecule has 0 atom stereocenters. The maximum atomic E-state index is 13.1. The lowest BCUT2D eigenvalue weighted by atomic mass is 9.97. The van der Waals surface area contributed by atoms with E-state index >= 15 is 0 Å². The molecular weight excluding hydrogens is 428 g/mol. The molecule has 1 saturated heterocycles. The lowest BCUT2D eigenvalue weighted by Gasteiger charge is -2.35. The lowest BCUT2D eigenvalue weighted by Crippen LogP contribution is -2.51. The summed E-state index contributed by atoms with van der Waals surface area (Å²) in [7, 11) is -3.61. The molecule has 7 nitrogen and oxygen atoms in total. The fourth-order valence-corrected chi connectivity index (χ4v) is 5.60. The first-order valence-electron chi connectivity index (χ1n) is 10.5. The quantitative estimate of drug-likeness (QED) is 0.600. The fraction of sp³-hybridized carbons (Fsp3) is 0.571. The topological polar surface area (TPSA) is 70.2 Å². The Hall–Kier alpha value is -2.04. The van der Waals surface area contributed by atoms with Crippen molar-refractivity contribution in [3.63, 3.8) is 0 Å². The number of carbonyl (C=O) groups excluding carboxylic acids is 1. The number of fused-ring (bicyclic) bond motifs is 1. The maximum Gasteiger partial charge on any atom is 0.387 e. The molecule has 1 aliphatic heterocycles. The van der Waals surface area contributed by atoms with Crippen LogP contribution in [0.4, 0.5) is 8.78 Å². The highest BCUT2D eigenvalue weighted by molar-refractivity contribution is 7.93. The highest BCUT2D eigenvalue weighted by atomic mass is 32.2. The molecule has 172 valence electrons. The van der Waals surface area contributed by atoms with Crippen LogP contribution >= 0.6 is 0 Å². The largest absolute Gasteiger partial charge is 0.435 e. The van der Waals surface area contributed by atoms with Gasteiger partial charge in [-0.25, -0.2) is 8.42 Å². The number of nitrogens with zero attached hydrogens (tertiary/aromatic N) is 3. The molecule has 1 heterocycles. The van der Waals surface area contributed by atoms with Gasteiger partial charge in [-0.2, -0.15) is 13.1 Å². The fourth-order valence-electron chi connectivity index (χ4n) is 3.98. The Morgan fingerprint density at radius 1 is 1.13 bits per heavy atom. The Morgan fingerprint density at radius 3 is 2.42 bits per heavy atom. The molecule has 0 aromatic heterocycles. The van der Waals surface area contributed by atoms with E-state index in [-0.39, 0.29) is 11.7 Å². The standard InChI is InChI=1S/C21H29F2N3O4S/c1-3-25(4-2)20(27)15-24-9-11-26(12-10-24)31(28,29)19-8-6-16-13-18(30-21(22)23)7-5-17(16)14-19/h5,7,13-14,21H,3-4,6,8-12,15H2,1-2H3. The van der Waals surface area contributed by atoms with E-state index in [1.54, 1.807) is 17.0 Å².